The summed E-state index contributed by atoms with van der Waals surface area (Å²) < 4.78 is 0. The molecule has 2 rings (SSSR count). The lowest BCUT2D eigenvalue weighted by molar-refractivity contribution is 1.40. The van der Waals surface area contributed by atoms with Crippen molar-refractivity contribution in [3.8, 4) is 0 Å². The summed E-state index contributed by atoms with van der Waals surface area (Å²) in [5, 5.41) is 1.52. The Morgan fingerprint density at radius 3 is 2.18 bits per heavy atom. The SMILES string of the molecule is Cc1cc(C)cc([SiH2]C=Cc2ccccc2)c1. The fraction of sp³-hybridized carbons (Fsp3) is 0.125. The number of rotatable bonds is 3. The quantitative estimate of drug-likeness (QED) is 0.721. The smallest absolute Gasteiger partial charge is 0.0783 e. The molecule has 0 amide bonds. The zero-order chi connectivity index (χ0) is 12.1. The van der Waals surface area contributed by atoms with Crippen molar-refractivity contribution in [3.05, 3.63) is 70.9 Å². The van der Waals surface area contributed by atoms with Crippen LogP contribution in [-0.4, -0.2) is 9.52 Å². The maximum absolute atomic E-state index is 2.36. The largest absolute Gasteiger partial charge is 0.0956 e. The summed E-state index contributed by atoms with van der Waals surface area (Å²) in [5.41, 5.74) is 6.41. The molecule has 0 atom stereocenters. The molecule has 0 spiro atoms. The van der Waals surface area contributed by atoms with E-state index < -0.39 is 0 Å². The van der Waals surface area contributed by atoms with Crippen LogP contribution in [0.1, 0.15) is 16.7 Å². The van der Waals surface area contributed by atoms with E-state index in [0.29, 0.717) is 0 Å². The molecule has 0 aliphatic rings. The molecule has 0 heterocycles. The zero-order valence-corrected chi connectivity index (χ0v) is 11.9. The molecule has 0 aliphatic heterocycles. The van der Waals surface area contributed by atoms with E-state index in [4.69, 9.17) is 0 Å². The van der Waals surface area contributed by atoms with Gasteiger partial charge in [0.1, 0.15) is 0 Å². The van der Waals surface area contributed by atoms with Crippen molar-refractivity contribution in [2.75, 3.05) is 0 Å². The number of hydrogen-bond acceptors (Lipinski definition) is 0. The fourth-order valence-electron chi connectivity index (χ4n) is 2.08. The van der Waals surface area contributed by atoms with E-state index in [0.717, 1.165) is 0 Å². The maximum atomic E-state index is 2.36. The van der Waals surface area contributed by atoms with E-state index in [-0.39, 0.29) is 9.52 Å². The summed E-state index contributed by atoms with van der Waals surface area (Å²) in [6.45, 7) is 4.34. The van der Waals surface area contributed by atoms with Gasteiger partial charge in [-0.1, -0.05) is 76.6 Å². The summed E-state index contributed by atoms with van der Waals surface area (Å²) >= 11 is 0. The van der Waals surface area contributed by atoms with E-state index in [1.165, 1.54) is 21.9 Å². The summed E-state index contributed by atoms with van der Waals surface area (Å²) in [6.07, 6.45) is 2.24. The minimum Gasteiger partial charge on any atom is -0.0956 e. The molecule has 1 heteroatoms. The second-order valence-corrected chi connectivity index (χ2v) is 6.21. The molecule has 0 N–H and O–H groups in total. The average Bonchev–Trinajstić information content (AvgIpc) is 2.29. The Labute approximate surface area is 106 Å². The van der Waals surface area contributed by atoms with Gasteiger partial charge in [-0.3, -0.25) is 0 Å². The molecule has 0 saturated carbocycles. The van der Waals surface area contributed by atoms with Crippen molar-refractivity contribution in [1.82, 2.24) is 0 Å². The van der Waals surface area contributed by atoms with Crippen LogP contribution in [0.25, 0.3) is 6.08 Å². The molecule has 0 saturated heterocycles. The highest BCUT2D eigenvalue weighted by molar-refractivity contribution is 6.59. The van der Waals surface area contributed by atoms with Gasteiger partial charge in [-0.15, -0.1) is 0 Å². The van der Waals surface area contributed by atoms with Gasteiger partial charge < -0.3 is 0 Å². The Hall–Kier alpha value is -1.60. The molecule has 0 nitrogen and oxygen atoms in total. The average molecular weight is 238 g/mol. The minimum absolute atomic E-state index is 0.279. The van der Waals surface area contributed by atoms with Gasteiger partial charge >= 0.3 is 0 Å². The van der Waals surface area contributed by atoms with Crippen LogP contribution < -0.4 is 5.19 Å². The standard InChI is InChI=1S/C16H18Si/c1-13-10-14(2)12-16(11-13)17-9-8-15-6-4-3-5-7-15/h3-12H,17H2,1-2H3. The van der Waals surface area contributed by atoms with Crippen LogP contribution >= 0.6 is 0 Å². The molecule has 86 valence electrons. The topological polar surface area (TPSA) is 0 Å². The monoisotopic (exact) mass is 238 g/mol. The lowest BCUT2D eigenvalue weighted by atomic mass is 10.2. The van der Waals surface area contributed by atoms with Crippen LogP contribution in [-0.2, 0) is 0 Å². The zero-order valence-electron chi connectivity index (χ0n) is 10.5. The number of benzene rings is 2. The van der Waals surface area contributed by atoms with Crippen LogP contribution in [0.2, 0.25) is 0 Å². The van der Waals surface area contributed by atoms with E-state index >= 15 is 0 Å². The van der Waals surface area contributed by atoms with Crippen molar-refractivity contribution in [3.63, 3.8) is 0 Å². The lowest BCUT2D eigenvalue weighted by Crippen LogP contribution is -2.12. The third kappa shape index (κ3) is 3.72. The van der Waals surface area contributed by atoms with Gasteiger partial charge in [0.2, 0.25) is 0 Å². The Kier molecular flexibility index (Phi) is 3.94. The van der Waals surface area contributed by atoms with Crippen molar-refractivity contribution in [2.24, 2.45) is 0 Å². The molecule has 0 fully saturated rings. The van der Waals surface area contributed by atoms with Gasteiger partial charge in [-0.2, -0.15) is 0 Å². The molecule has 0 bridgehead atoms. The minimum atomic E-state index is -0.279. The summed E-state index contributed by atoms with van der Waals surface area (Å²) in [4.78, 5) is 0. The predicted octanol–water partition coefficient (Wildman–Crippen LogP) is 2.77. The van der Waals surface area contributed by atoms with Crippen molar-refractivity contribution < 1.29 is 0 Å². The molecule has 2 aromatic carbocycles. The Bertz CT molecular complexity index is 492. The van der Waals surface area contributed by atoms with E-state index in [1.54, 1.807) is 0 Å². The van der Waals surface area contributed by atoms with Crippen molar-refractivity contribution in [2.45, 2.75) is 13.8 Å². The van der Waals surface area contributed by atoms with E-state index in [1.807, 2.05) is 0 Å². The van der Waals surface area contributed by atoms with Crippen LogP contribution in [0.5, 0.6) is 0 Å². The molecule has 17 heavy (non-hydrogen) atoms. The molecule has 0 radical (unpaired) electrons. The molecular formula is C16H18Si. The summed E-state index contributed by atoms with van der Waals surface area (Å²) in [5.74, 6) is 0. The first kappa shape index (κ1) is 11.9. The highest BCUT2D eigenvalue weighted by Gasteiger charge is 1.94. The molecule has 2 aromatic rings. The van der Waals surface area contributed by atoms with Gasteiger partial charge in [0.05, 0.1) is 9.52 Å². The molecule has 0 aliphatic carbocycles. The van der Waals surface area contributed by atoms with Gasteiger partial charge in [-0.25, -0.2) is 0 Å². The normalized spacial score (nSPS) is 11.6. The third-order valence-electron chi connectivity index (χ3n) is 2.74. The second-order valence-electron chi connectivity index (χ2n) is 4.51. The molecule has 0 aromatic heterocycles. The van der Waals surface area contributed by atoms with Gasteiger partial charge in [0.25, 0.3) is 0 Å². The molecular weight excluding hydrogens is 220 g/mol. The predicted molar refractivity (Wildman–Crippen MR) is 79.6 cm³/mol. The number of hydrogen-bond donors (Lipinski definition) is 0. The van der Waals surface area contributed by atoms with Gasteiger partial charge in [-0.05, 0) is 19.4 Å². The Balaban J connectivity index is 2.05. The lowest BCUT2D eigenvalue weighted by Gasteiger charge is -2.01. The van der Waals surface area contributed by atoms with Crippen molar-refractivity contribution >= 4 is 20.8 Å². The summed E-state index contributed by atoms with van der Waals surface area (Å²) in [7, 11) is -0.279. The fourth-order valence-corrected chi connectivity index (χ4v) is 3.62. The van der Waals surface area contributed by atoms with E-state index in [9.17, 15) is 0 Å². The Morgan fingerprint density at radius 1 is 0.882 bits per heavy atom. The highest BCUT2D eigenvalue weighted by Crippen LogP contribution is 2.02. The van der Waals surface area contributed by atoms with Crippen LogP contribution in [0, 0.1) is 13.8 Å². The third-order valence-corrected chi connectivity index (χ3v) is 4.10. The number of aryl methyl sites for hydroxylation is 2. The van der Waals surface area contributed by atoms with Gasteiger partial charge in [0.15, 0.2) is 0 Å². The second kappa shape index (κ2) is 5.64. The first-order valence-corrected chi connectivity index (χ1v) is 7.55. The van der Waals surface area contributed by atoms with Crippen LogP contribution in [0.15, 0.2) is 54.2 Å². The maximum Gasteiger partial charge on any atom is 0.0783 e. The van der Waals surface area contributed by atoms with E-state index in [2.05, 4.69) is 74.2 Å². The van der Waals surface area contributed by atoms with Crippen molar-refractivity contribution in [1.29, 1.82) is 0 Å². The van der Waals surface area contributed by atoms with Crippen LogP contribution in [0.4, 0.5) is 0 Å². The molecule has 0 unspecified atom stereocenters. The van der Waals surface area contributed by atoms with Crippen LogP contribution in [0.3, 0.4) is 0 Å². The summed E-state index contributed by atoms with van der Waals surface area (Å²) in [6, 6.07) is 17.4. The highest BCUT2D eigenvalue weighted by atomic mass is 28.2. The first-order valence-electron chi connectivity index (χ1n) is 6.03. The Morgan fingerprint density at radius 2 is 1.53 bits per heavy atom. The van der Waals surface area contributed by atoms with Gasteiger partial charge in [0, 0.05) is 0 Å². The first-order chi connectivity index (χ1) is 8.24.